The van der Waals surface area contributed by atoms with E-state index in [0.29, 0.717) is 70.1 Å². The molecule has 0 saturated heterocycles. The van der Waals surface area contributed by atoms with Crippen molar-refractivity contribution in [2.45, 2.75) is 226 Å². The second-order valence-corrected chi connectivity index (χ2v) is 56.9. The van der Waals surface area contributed by atoms with Crippen molar-refractivity contribution in [2.75, 3.05) is 26.2 Å². The average molecular weight is 1870 g/mol. The predicted octanol–water partition coefficient (Wildman–Crippen LogP) is 20.0. The highest BCUT2D eigenvalue weighted by atomic mass is 32.1. The van der Waals surface area contributed by atoms with E-state index in [1.807, 2.05) is 66.5 Å². The van der Waals surface area contributed by atoms with Crippen molar-refractivity contribution < 1.29 is 37.0 Å². The van der Waals surface area contributed by atoms with Gasteiger partial charge in [-0.25, -0.2) is 0 Å². The molecule has 5 unspecified atom stereocenters. The number of hydrogen-bond donors (Lipinski definition) is 0. The predicted molar refractivity (Wildman–Crippen MR) is 536 cm³/mol. The Morgan fingerprint density at radius 2 is 0.750 bits per heavy atom. The zero-order chi connectivity index (χ0) is 83.7. The topological polar surface area (TPSA) is 134 Å². The van der Waals surface area contributed by atoms with Gasteiger partial charge in [-0.3, -0.25) is 28.8 Å². The summed E-state index contributed by atoms with van der Waals surface area (Å²) in [6.07, 6.45) is 24.4. The summed E-state index contributed by atoms with van der Waals surface area (Å²) < 4.78 is 12.2. The molecule has 6 aliphatic heterocycles. The van der Waals surface area contributed by atoms with E-state index in [2.05, 4.69) is 134 Å². The average Bonchev–Trinajstić information content (AvgIpc) is 1.56. The molecule has 6 aliphatic rings. The summed E-state index contributed by atoms with van der Waals surface area (Å²) in [5, 5.41) is 6.40. The Bertz CT molecular complexity index is 5340. The quantitative estimate of drug-likeness (QED) is 0.0209. The molecule has 15 rings (SSSR count). The molecule has 120 heavy (non-hydrogen) atoms. The molecule has 27 heteroatoms. The van der Waals surface area contributed by atoms with Crippen LogP contribution in [0.5, 0.6) is 0 Å². The number of unbranched alkanes of at least 4 members (excludes halogenated alkanes) is 11. The van der Waals surface area contributed by atoms with Crippen LogP contribution in [0.3, 0.4) is 0 Å². The lowest BCUT2D eigenvalue weighted by atomic mass is 10.0. The molecule has 1 aromatic carbocycles. The standard InChI is InChI=1S/C93H118N4O8S8Si7/c1-10-15-18-22-43-94-86(82-80(90(94)100)84(96(92(82)102)45-24-20-27-48-117-104-115-7)70-39-35-66(108-70)64-33-31-60(54-98)106-64)72-41-37-68(110-72)74-52-78-88(112-74)62-50-77-63(51-76(62)119(78)56-58(13-4)29-16-11-2)89-79(120(77)57-59(14-5)30-17-12-3)53-75(113-89)69-38-42-73(111-69)87-83-81(91(101)95(87)44-23-19-26-47-114-6)85(71-40-36-67(109-71)65-34-32-61(55-99)107-65)97(93(83)103)46-25-21-28-49-118(9)105-116-8/h31-42,50-55,58-59,118-120H,10-30,43-49,56-57,114-117H2,1-9H3. The number of amides is 4. The maximum absolute atomic E-state index is 15.8. The molecule has 634 valence electrons. The van der Waals surface area contributed by atoms with Gasteiger partial charge in [0.2, 0.25) is 0 Å². The summed E-state index contributed by atoms with van der Waals surface area (Å²) >= 11 is 13.6. The minimum Gasteiger partial charge on any atom is -0.465 e. The van der Waals surface area contributed by atoms with Gasteiger partial charge in [0.05, 0.1) is 74.3 Å². The van der Waals surface area contributed by atoms with Crippen LogP contribution in [0.2, 0.25) is 56.4 Å². The molecule has 5 atom stereocenters. The Kier molecular flexibility index (Phi) is 31.0. The molecule has 0 N–H and O–H groups in total. The van der Waals surface area contributed by atoms with Gasteiger partial charge in [0, 0.05) is 84.5 Å². The first-order valence-electron chi connectivity index (χ1n) is 45.1. The molecule has 9 aromatic rings. The summed E-state index contributed by atoms with van der Waals surface area (Å²) in [5.74, 6) is 0.987. The number of aldehydes is 2. The third-order valence-corrected chi connectivity index (χ3v) is 52.1. The van der Waals surface area contributed by atoms with E-state index < -0.39 is 55.9 Å². The maximum atomic E-state index is 15.8. The summed E-state index contributed by atoms with van der Waals surface area (Å²) in [6, 6.07) is 41.9. The molecule has 0 fully saturated rings. The van der Waals surface area contributed by atoms with Crippen LogP contribution in [-0.4, -0.2) is 147 Å². The van der Waals surface area contributed by atoms with Gasteiger partial charge in [0.1, 0.15) is 46.9 Å². The fourth-order valence-corrected chi connectivity index (χ4v) is 44.1. The van der Waals surface area contributed by atoms with Gasteiger partial charge >= 0.3 is 0 Å². The fraction of sp³-hybridized carbons (Fsp3) is 0.441. The SMILES string of the molecule is CCCCCCN1C(=O)C2=C(c3ccc(-c4ccc(C=O)s4)s3)N(CCCCC[SiH2]O[SiH2]C)C(=O)C2=C1c1ccc(-c2cc3c(s2)-c2cc4c(cc2[SiH]3CC(CC)CCCC)-c2sc(-c3ccc(C5=C6C(=O)N(CCCCC[SiH](C)O[SiH2]C)C(c7ccc(-c8ccc(C=O)s8)s7)=C6C(=O)N5CCCCC[SiH2]C)s3)cc2[SiH]4CC(CC)CCCC)s1. The normalized spacial score (nSPS) is 17.3. The van der Waals surface area contributed by atoms with Crippen LogP contribution >= 0.6 is 90.7 Å². The highest BCUT2D eigenvalue weighted by Crippen LogP contribution is 2.55. The lowest BCUT2D eigenvalue weighted by Gasteiger charge is -2.24. The van der Waals surface area contributed by atoms with Gasteiger partial charge in [-0.1, -0.05) is 182 Å². The first kappa shape index (κ1) is 89.3. The van der Waals surface area contributed by atoms with Gasteiger partial charge in [-0.05, 0) is 185 Å². The Labute approximate surface area is 757 Å². The fourth-order valence-electron chi connectivity index (χ4n) is 19.0. The number of thiophene rings is 8. The van der Waals surface area contributed by atoms with Crippen molar-refractivity contribution in [1.82, 2.24) is 19.6 Å². The molecule has 12 nitrogen and oxygen atoms in total. The van der Waals surface area contributed by atoms with E-state index in [1.165, 1.54) is 139 Å². The van der Waals surface area contributed by atoms with E-state index in [9.17, 15) is 9.59 Å². The summed E-state index contributed by atoms with van der Waals surface area (Å²) in [6.45, 7) is 23.0. The van der Waals surface area contributed by atoms with Crippen molar-refractivity contribution in [3.8, 4) is 59.9 Å². The van der Waals surface area contributed by atoms with Gasteiger partial charge < -0.3 is 27.8 Å². The van der Waals surface area contributed by atoms with Gasteiger partial charge in [0.25, 0.3) is 23.6 Å². The van der Waals surface area contributed by atoms with Crippen LogP contribution < -0.4 is 20.7 Å². The van der Waals surface area contributed by atoms with Crippen molar-refractivity contribution in [3.05, 3.63) is 149 Å². The molecular formula is C93H118N4O8S8Si7. The van der Waals surface area contributed by atoms with Gasteiger partial charge in [-0.15, -0.1) is 90.7 Å². The third-order valence-electron chi connectivity index (χ3n) is 25.4. The Balaban J connectivity index is 0.798. The number of hydrogen-bond acceptors (Lipinski definition) is 16. The van der Waals surface area contributed by atoms with Crippen molar-refractivity contribution >= 4 is 236 Å². The summed E-state index contributed by atoms with van der Waals surface area (Å²) in [4.78, 5) is 112. The highest BCUT2D eigenvalue weighted by Gasteiger charge is 2.52. The number of carbonyl (C=O) groups excluding carboxylic acids is 6. The van der Waals surface area contributed by atoms with Crippen molar-refractivity contribution in [1.29, 1.82) is 0 Å². The van der Waals surface area contributed by atoms with E-state index in [1.54, 1.807) is 66.1 Å². The molecule has 8 aromatic heterocycles. The van der Waals surface area contributed by atoms with E-state index >= 15 is 19.2 Å². The second-order valence-electron chi connectivity index (χ2n) is 33.4. The highest BCUT2D eigenvalue weighted by molar-refractivity contribution is 7.28. The second kappa shape index (κ2) is 41.7. The minimum atomic E-state index is -1.82. The van der Waals surface area contributed by atoms with Gasteiger partial charge in [-0.2, -0.15) is 0 Å². The smallest absolute Gasteiger partial charge is 0.261 e. The number of rotatable bonds is 49. The third kappa shape index (κ3) is 18.7. The number of benzene rings is 1. The monoisotopic (exact) mass is 1870 g/mol. The lowest BCUT2D eigenvalue weighted by Crippen LogP contribution is -2.41. The summed E-state index contributed by atoms with van der Waals surface area (Å²) in [7, 11) is -6.26. The van der Waals surface area contributed by atoms with Crippen molar-refractivity contribution in [2.24, 2.45) is 11.8 Å². The molecule has 0 aliphatic carbocycles. The Hall–Kier alpha value is -5.56. The molecule has 0 radical (unpaired) electrons. The van der Waals surface area contributed by atoms with Crippen LogP contribution in [0, 0.1) is 11.8 Å². The maximum Gasteiger partial charge on any atom is 0.261 e. The first-order valence-corrected chi connectivity index (χ1v) is 66.0. The molecule has 0 spiro atoms. The van der Waals surface area contributed by atoms with Crippen LogP contribution in [0.15, 0.2) is 119 Å². The van der Waals surface area contributed by atoms with E-state index in [0.717, 1.165) is 164 Å². The molecule has 14 heterocycles. The summed E-state index contributed by atoms with van der Waals surface area (Å²) in [5.41, 5.74) is 8.21. The van der Waals surface area contributed by atoms with E-state index in [4.69, 9.17) is 8.23 Å². The number of fused-ring (bicyclic) bond motifs is 8. The zero-order valence-corrected chi connectivity index (χ0v) is 87.3. The zero-order valence-electron chi connectivity index (χ0n) is 71.6. The molecule has 0 saturated carbocycles. The van der Waals surface area contributed by atoms with Crippen LogP contribution in [-0.2, 0) is 27.4 Å². The number of carbonyl (C=O) groups is 6. The Morgan fingerprint density at radius 1 is 0.392 bits per heavy atom. The van der Waals surface area contributed by atoms with Crippen molar-refractivity contribution in [3.63, 3.8) is 0 Å². The first-order chi connectivity index (χ1) is 58.7. The van der Waals surface area contributed by atoms with Gasteiger partial charge in [0.15, 0.2) is 21.6 Å². The minimum absolute atomic E-state index is 0.0627. The van der Waals surface area contributed by atoms with E-state index in [-0.39, 0.29) is 33.1 Å². The van der Waals surface area contributed by atoms with Crippen LogP contribution in [0.1, 0.15) is 208 Å². The Morgan fingerprint density at radius 3 is 1.11 bits per heavy atom. The number of nitrogens with zero attached hydrogens (tertiary/aromatic N) is 4. The lowest BCUT2D eigenvalue weighted by molar-refractivity contribution is -0.124. The molecular weight excluding hydrogens is 1750 g/mol. The van der Waals surface area contributed by atoms with Crippen LogP contribution in [0.25, 0.3) is 82.7 Å². The largest absolute Gasteiger partial charge is 0.465 e. The molecule has 0 bridgehead atoms. The molecule has 4 amide bonds. The van der Waals surface area contributed by atoms with Crippen LogP contribution in [0.4, 0.5) is 0 Å².